The zero-order valence-corrected chi connectivity index (χ0v) is 15.6. The van der Waals surface area contributed by atoms with Gasteiger partial charge >= 0.3 is 17.9 Å². The fraction of sp³-hybridized carbons (Fsp3) is 0.474. The van der Waals surface area contributed by atoms with Gasteiger partial charge in [0.15, 0.2) is 0 Å². The summed E-state index contributed by atoms with van der Waals surface area (Å²) in [4.78, 5) is 30.4. The van der Waals surface area contributed by atoms with E-state index in [9.17, 15) is 14.4 Å². The van der Waals surface area contributed by atoms with Gasteiger partial charge in [0.2, 0.25) is 0 Å². The highest BCUT2D eigenvalue weighted by atomic mass is 16.5. The van der Waals surface area contributed by atoms with Crippen molar-refractivity contribution in [3.05, 3.63) is 37.5 Å². The predicted octanol–water partition coefficient (Wildman–Crippen LogP) is 3.73. The number of allylic oxidation sites excluding steroid dienone is 1. The number of carbonyl (C=O) groups is 3. The average Bonchev–Trinajstić information content (AvgIpc) is 2.61. The van der Waals surface area contributed by atoms with Crippen molar-refractivity contribution in [1.29, 1.82) is 5.26 Å². The van der Waals surface area contributed by atoms with Gasteiger partial charge in [0.05, 0.1) is 19.1 Å². The number of nitriles is 1. The summed E-state index contributed by atoms with van der Waals surface area (Å²) in [5.74, 6) is -2.24. The first-order chi connectivity index (χ1) is 12.2. The number of carboxylic acid groups (broad SMARTS) is 2. The second kappa shape index (κ2) is 20.2. The number of carboxylic acids is 2. The van der Waals surface area contributed by atoms with E-state index in [4.69, 9.17) is 20.2 Å². The van der Waals surface area contributed by atoms with Gasteiger partial charge in [-0.1, -0.05) is 52.8 Å². The Hall–Kier alpha value is -2.88. The molecule has 0 aliphatic carbocycles. The van der Waals surface area contributed by atoms with Gasteiger partial charge in [-0.2, -0.15) is 5.26 Å². The van der Waals surface area contributed by atoms with E-state index in [1.807, 2.05) is 0 Å². The summed E-state index contributed by atoms with van der Waals surface area (Å²) in [6.45, 7) is 14.3. The Bertz CT molecular complexity index is 505. The number of aliphatic carboxylic acids is 2. The van der Waals surface area contributed by atoms with Crippen LogP contribution in [0, 0.1) is 17.2 Å². The molecule has 0 aromatic carbocycles. The van der Waals surface area contributed by atoms with Gasteiger partial charge in [-0.15, -0.1) is 0 Å². The van der Waals surface area contributed by atoms with E-state index in [2.05, 4.69) is 33.6 Å². The van der Waals surface area contributed by atoms with E-state index >= 15 is 0 Å². The maximum absolute atomic E-state index is 10.8. The van der Waals surface area contributed by atoms with Crippen LogP contribution in [0.15, 0.2) is 37.5 Å². The van der Waals surface area contributed by atoms with Gasteiger partial charge in [0, 0.05) is 17.7 Å². The third-order valence-corrected chi connectivity index (χ3v) is 2.93. The van der Waals surface area contributed by atoms with Crippen LogP contribution in [0.1, 0.15) is 46.0 Å². The van der Waals surface area contributed by atoms with Crippen molar-refractivity contribution in [2.75, 3.05) is 6.61 Å². The van der Waals surface area contributed by atoms with E-state index in [1.54, 1.807) is 6.07 Å². The number of esters is 1. The normalized spacial score (nSPS) is 9.58. The minimum absolute atomic E-state index is 0.303. The number of hydrogen-bond donors (Lipinski definition) is 2. The highest BCUT2D eigenvalue weighted by Gasteiger charge is 2.08. The highest BCUT2D eigenvalue weighted by molar-refractivity contribution is 5.91. The molecule has 2 N–H and O–H groups in total. The van der Waals surface area contributed by atoms with E-state index in [0.29, 0.717) is 12.5 Å². The van der Waals surface area contributed by atoms with Gasteiger partial charge < -0.3 is 14.9 Å². The minimum Gasteiger partial charge on any atom is -0.481 e. The summed E-state index contributed by atoms with van der Waals surface area (Å²) >= 11 is 0. The van der Waals surface area contributed by atoms with E-state index in [-0.39, 0.29) is 11.5 Å². The summed E-state index contributed by atoms with van der Waals surface area (Å²) in [5.41, 5.74) is -0.303. The molecule has 1 atom stereocenters. The largest absolute Gasteiger partial charge is 0.481 e. The minimum atomic E-state index is -1.27. The number of nitrogens with zero attached hydrogens (tertiary/aromatic N) is 1. The molecule has 0 rings (SSSR count). The number of unbranched alkanes of at least 4 members (excludes halogenated alkanes) is 1. The molecule has 0 aromatic heterocycles. The molecule has 146 valence electrons. The van der Waals surface area contributed by atoms with Gasteiger partial charge in [-0.25, -0.2) is 9.59 Å². The van der Waals surface area contributed by atoms with Crippen LogP contribution in [0.3, 0.4) is 0 Å². The molecule has 0 aliphatic rings. The van der Waals surface area contributed by atoms with Crippen LogP contribution in [0.25, 0.3) is 0 Å². The van der Waals surface area contributed by atoms with Gasteiger partial charge in [-0.3, -0.25) is 4.79 Å². The summed E-state index contributed by atoms with van der Waals surface area (Å²) in [7, 11) is 0. The zero-order chi connectivity index (χ0) is 21.0. The quantitative estimate of drug-likeness (QED) is 0.342. The van der Waals surface area contributed by atoms with Crippen molar-refractivity contribution < 1.29 is 29.3 Å². The van der Waals surface area contributed by atoms with E-state index in [1.165, 1.54) is 25.0 Å². The molecule has 0 aliphatic heterocycles. The smallest absolute Gasteiger partial charge is 0.331 e. The first-order valence-corrected chi connectivity index (χ1v) is 8.12. The van der Waals surface area contributed by atoms with Crippen molar-refractivity contribution in [2.45, 2.75) is 46.0 Å². The first-order valence-electron chi connectivity index (χ1n) is 8.12. The summed E-state index contributed by atoms with van der Waals surface area (Å²) in [5, 5.41) is 23.6. The Morgan fingerprint density at radius 1 is 1.23 bits per heavy atom. The summed E-state index contributed by atoms with van der Waals surface area (Å²) in [6, 6.07) is 1.69. The molecule has 7 heteroatoms. The molecular weight excluding hydrogens is 338 g/mol. The van der Waals surface area contributed by atoms with E-state index in [0.717, 1.165) is 12.8 Å². The molecule has 0 radical (unpaired) electrons. The molecule has 1 unspecified atom stereocenters. The van der Waals surface area contributed by atoms with Crippen molar-refractivity contribution in [1.82, 2.24) is 0 Å². The van der Waals surface area contributed by atoms with Crippen LogP contribution >= 0.6 is 0 Å². The lowest BCUT2D eigenvalue weighted by Crippen LogP contribution is -2.12. The Morgan fingerprint density at radius 2 is 1.77 bits per heavy atom. The maximum Gasteiger partial charge on any atom is 0.331 e. The lowest BCUT2D eigenvalue weighted by atomic mass is 10.0. The van der Waals surface area contributed by atoms with Gasteiger partial charge in [0.25, 0.3) is 0 Å². The van der Waals surface area contributed by atoms with Crippen LogP contribution in [0.2, 0.25) is 0 Å². The molecule has 0 fully saturated rings. The third-order valence-electron chi connectivity index (χ3n) is 2.93. The number of carbonyl (C=O) groups excluding carboxylic acids is 1. The number of rotatable bonds is 10. The lowest BCUT2D eigenvalue weighted by molar-refractivity contribution is -0.139. The van der Waals surface area contributed by atoms with Crippen molar-refractivity contribution in [3.63, 3.8) is 0 Å². The predicted molar refractivity (Wildman–Crippen MR) is 99.3 cm³/mol. The Kier molecular flexibility index (Phi) is 21.7. The van der Waals surface area contributed by atoms with Crippen LogP contribution in [-0.4, -0.2) is 34.7 Å². The molecule has 26 heavy (non-hydrogen) atoms. The van der Waals surface area contributed by atoms with Crippen LogP contribution in [0.5, 0.6) is 0 Å². The van der Waals surface area contributed by atoms with Gasteiger partial charge in [-0.05, 0) is 12.3 Å². The average molecular weight is 367 g/mol. The first kappa shape index (κ1) is 27.9. The molecule has 0 bridgehead atoms. The van der Waals surface area contributed by atoms with Crippen LogP contribution in [0.4, 0.5) is 0 Å². The summed E-state index contributed by atoms with van der Waals surface area (Å²) in [6.07, 6.45) is 6.53. The monoisotopic (exact) mass is 367 g/mol. The topological polar surface area (TPSA) is 125 Å². The molecular formula is C19H29NO6. The summed E-state index contributed by atoms with van der Waals surface area (Å²) < 4.78 is 4.98. The SMILES string of the molecule is C=C(CC(=O)O)C(=O)O.C=CC#N.C=CC(=O)OCC(CC)CCCC. The second-order valence-corrected chi connectivity index (χ2v) is 5.06. The Morgan fingerprint density at radius 3 is 2.04 bits per heavy atom. The maximum atomic E-state index is 10.8. The van der Waals surface area contributed by atoms with Crippen molar-refractivity contribution in [3.8, 4) is 6.07 Å². The third kappa shape index (κ3) is 23.4. The van der Waals surface area contributed by atoms with Crippen molar-refractivity contribution in [2.24, 2.45) is 5.92 Å². The fourth-order valence-electron chi connectivity index (χ4n) is 1.42. The molecule has 0 saturated carbocycles. The van der Waals surface area contributed by atoms with Crippen LogP contribution < -0.4 is 0 Å². The molecule has 0 heterocycles. The number of ether oxygens (including phenoxy) is 1. The Labute approximate surface area is 155 Å². The molecule has 0 amide bonds. The molecule has 0 saturated heterocycles. The highest BCUT2D eigenvalue weighted by Crippen LogP contribution is 2.12. The van der Waals surface area contributed by atoms with Crippen molar-refractivity contribution >= 4 is 17.9 Å². The van der Waals surface area contributed by atoms with Crippen LogP contribution in [-0.2, 0) is 19.1 Å². The fourth-order valence-corrected chi connectivity index (χ4v) is 1.42. The standard InChI is InChI=1S/C11H20O2.C5H6O4.C3H3N/c1-4-7-8-10(5-2)9-13-11(12)6-3;1-3(5(8)9)2-4(6)7;1-2-3-4/h6,10H,3-5,7-9H2,1-2H3;1-2H2,(H,6,7)(H,8,9);2H,1H2. The Balaban J connectivity index is -0.000000352. The molecule has 0 aromatic rings. The van der Waals surface area contributed by atoms with Gasteiger partial charge in [0.1, 0.15) is 0 Å². The number of hydrogen-bond acceptors (Lipinski definition) is 5. The zero-order valence-electron chi connectivity index (χ0n) is 15.6. The molecule has 0 spiro atoms. The lowest BCUT2D eigenvalue weighted by Gasteiger charge is -2.13. The molecule has 7 nitrogen and oxygen atoms in total. The van der Waals surface area contributed by atoms with E-state index < -0.39 is 18.4 Å². The second-order valence-electron chi connectivity index (χ2n) is 5.06.